The Bertz CT molecular complexity index is 544. The molecule has 0 unspecified atom stereocenters. The molecule has 0 atom stereocenters. The first-order valence-corrected chi connectivity index (χ1v) is 6.04. The van der Waals surface area contributed by atoms with Gasteiger partial charge in [0.05, 0.1) is 13.2 Å². The molecule has 0 bridgehead atoms. The first kappa shape index (κ1) is 11.3. The summed E-state index contributed by atoms with van der Waals surface area (Å²) in [7, 11) is 0. The topological polar surface area (TPSA) is 58.6 Å². The number of amides is 3. The van der Waals surface area contributed by atoms with Crippen molar-refractivity contribution in [2.45, 2.75) is 13.0 Å². The number of fused-ring (bicyclic) bond motifs is 1. The van der Waals surface area contributed by atoms with Gasteiger partial charge in [-0.25, -0.2) is 4.79 Å². The van der Waals surface area contributed by atoms with Crippen molar-refractivity contribution < 1.29 is 14.3 Å². The zero-order chi connectivity index (χ0) is 12.7. The van der Waals surface area contributed by atoms with Crippen LogP contribution in [0, 0.1) is 0 Å². The second-order valence-corrected chi connectivity index (χ2v) is 4.80. The number of ether oxygens (including phenoxy) is 1. The number of halogens is 1. The highest BCUT2D eigenvalue weighted by Crippen LogP contribution is 2.33. The standard InChI is InChI=1S/C12H11ClN2O3/c13-9-3-7-1-2-18-11(7)8(4-9)5-15-6-10(16)14-12(15)17/h3-4H,1-2,5-6H2,(H,14,16,17). The number of benzene rings is 1. The van der Waals surface area contributed by atoms with Gasteiger partial charge in [0.15, 0.2) is 0 Å². The molecule has 1 aromatic carbocycles. The van der Waals surface area contributed by atoms with Crippen molar-refractivity contribution >= 4 is 23.5 Å². The first-order chi connectivity index (χ1) is 8.63. The van der Waals surface area contributed by atoms with Gasteiger partial charge in [0.25, 0.3) is 0 Å². The monoisotopic (exact) mass is 266 g/mol. The van der Waals surface area contributed by atoms with Crippen LogP contribution in [0.4, 0.5) is 4.79 Å². The van der Waals surface area contributed by atoms with Crippen molar-refractivity contribution in [3.8, 4) is 5.75 Å². The third kappa shape index (κ3) is 1.90. The van der Waals surface area contributed by atoms with Crippen molar-refractivity contribution in [2.24, 2.45) is 0 Å². The van der Waals surface area contributed by atoms with Crippen LogP contribution in [0.2, 0.25) is 5.02 Å². The molecule has 0 spiro atoms. The third-order valence-electron chi connectivity index (χ3n) is 3.05. The van der Waals surface area contributed by atoms with E-state index < -0.39 is 0 Å². The molecule has 3 amide bonds. The number of rotatable bonds is 2. The van der Waals surface area contributed by atoms with Crippen LogP contribution >= 0.6 is 11.6 Å². The van der Waals surface area contributed by atoms with Gasteiger partial charge in [0.2, 0.25) is 5.91 Å². The molecule has 18 heavy (non-hydrogen) atoms. The maximum absolute atomic E-state index is 11.5. The van der Waals surface area contributed by atoms with E-state index in [9.17, 15) is 9.59 Å². The van der Waals surface area contributed by atoms with E-state index in [1.807, 2.05) is 6.07 Å². The molecule has 0 aliphatic carbocycles. The van der Waals surface area contributed by atoms with Gasteiger partial charge in [-0.05, 0) is 17.7 Å². The molecule has 0 aromatic heterocycles. The number of urea groups is 1. The molecule has 1 saturated heterocycles. The number of hydrogen-bond donors (Lipinski definition) is 1. The highest BCUT2D eigenvalue weighted by molar-refractivity contribution is 6.30. The third-order valence-corrected chi connectivity index (χ3v) is 3.27. The molecule has 1 N–H and O–H groups in total. The van der Waals surface area contributed by atoms with E-state index in [-0.39, 0.29) is 18.5 Å². The van der Waals surface area contributed by atoms with Crippen LogP contribution in [-0.2, 0) is 17.8 Å². The maximum atomic E-state index is 11.5. The highest BCUT2D eigenvalue weighted by Gasteiger charge is 2.28. The second-order valence-electron chi connectivity index (χ2n) is 4.36. The van der Waals surface area contributed by atoms with E-state index in [4.69, 9.17) is 16.3 Å². The number of hydrogen-bond acceptors (Lipinski definition) is 3. The summed E-state index contributed by atoms with van der Waals surface area (Å²) in [6.45, 7) is 1.05. The molecular weight excluding hydrogens is 256 g/mol. The van der Waals surface area contributed by atoms with E-state index in [1.54, 1.807) is 6.07 Å². The molecule has 2 aliphatic heterocycles. The Kier molecular flexibility index (Phi) is 2.63. The highest BCUT2D eigenvalue weighted by atomic mass is 35.5. The van der Waals surface area contributed by atoms with Gasteiger partial charge in [-0.15, -0.1) is 0 Å². The number of carbonyl (C=O) groups excluding carboxylic acids is 2. The Morgan fingerprint density at radius 2 is 2.22 bits per heavy atom. The number of nitrogens with zero attached hydrogens (tertiary/aromatic N) is 1. The summed E-state index contributed by atoms with van der Waals surface area (Å²) in [5, 5.41) is 2.87. The van der Waals surface area contributed by atoms with Gasteiger partial charge in [0.1, 0.15) is 12.3 Å². The zero-order valence-electron chi connectivity index (χ0n) is 9.53. The van der Waals surface area contributed by atoms with Crippen LogP contribution in [0.3, 0.4) is 0 Å². The summed E-state index contributed by atoms with van der Waals surface area (Å²) in [5.41, 5.74) is 1.91. The van der Waals surface area contributed by atoms with Gasteiger partial charge < -0.3 is 9.64 Å². The predicted octanol–water partition coefficient (Wildman–Crippen LogP) is 1.33. The Morgan fingerprint density at radius 1 is 1.39 bits per heavy atom. The maximum Gasteiger partial charge on any atom is 0.324 e. The van der Waals surface area contributed by atoms with E-state index in [1.165, 1.54) is 4.90 Å². The summed E-state index contributed by atoms with van der Waals surface area (Å²) >= 11 is 6.04. The summed E-state index contributed by atoms with van der Waals surface area (Å²) in [6, 6.07) is 3.29. The fourth-order valence-corrected chi connectivity index (χ4v) is 2.54. The minimum absolute atomic E-state index is 0.0835. The van der Waals surface area contributed by atoms with Crippen molar-refractivity contribution in [3.05, 3.63) is 28.3 Å². The molecule has 2 heterocycles. The quantitative estimate of drug-likeness (QED) is 0.822. The van der Waals surface area contributed by atoms with Crippen molar-refractivity contribution in [2.75, 3.05) is 13.2 Å². The van der Waals surface area contributed by atoms with Crippen LogP contribution in [0.15, 0.2) is 12.1 Å². The summed E-state index contributed by atoms with van der Waals surface area (Å²) in [4.78, 5) is 24.1. The lowest BCUT2D eigenvalue weighted by Gasteiger charge is -2.15. The Hall–Kier alpha value is -1.75. The molecule has 0 radical (unpaired) electrons. The molecule has 6 heteroatoms. The number of imide groups is 1. The SMILES string of the molecule is O=C1CN(Cc2cc(Cl)cc3c2OCC3)C(=O)N1. The van der Waals surface area contributed by atoms with Crippen molar-refractivity contribution in [1.82, 2.24) is 10.2 Å². The second kappa shape index (κ2) is 4.17. The Balaban J connectivity index is 1.89. The van der Waals surface area contributed by atoms with E-state index in [0.717, 1.165) is 23.3 Å². The zero-order valence-corrected chi connectivity index (χ0v) is 10.3. The van der Waals surface area contributed by atoms with Crippen LogP contribution in [0.5, 0.6) is 5.75 Å². The summed E-state index contributed by atoms with van der Waals surface area (Å²) in [6.07, 6.45) is 0.827. The van der Waals surface area contributed by atoms with Gasteiger partial charge in [-0.3, -0.25) is 10.1 Å². The molecule has 1 aromatic rings. The van der Waals surface area contributed by atoms with Gasteiger partial charge in [-0.1, -0.05) is 11.6 Å². The van der Waals surface area contributed by atoms with E-state index in [2.05, 4.69) is 5.32 Å². The van der Waals surface area contributed by atoms with Crippen LogP contribution < -0.4 is 10.1 Å². The number of nitrogens with one attached hydrogen (secondary N) is 1. The molecule has 3 rings (SSSR count). The van der Waals surface area contributed by atoms with Gasteiger partial charge in [0, 0.05) is 17.0 Å². The molecule has 5 nitrogen and oxygen atoms in total. The van der Waals surface area contributed by atoms with Gasteiger partial charge >= 0.3 is 6.03 Å². The van der Waals surface area contributed by atoms with E-state index in [0.29, 0.717) is 18.2 Å². The smallest absolute Gasteiger partial charge is 0.324 e. The minimum atomic E-state index is -0.369. The van der Waals surface area contributed by atoms with Crippen LogP contribution in [0.1, 0.15) is 11.1 Å². The first-order valence-electron chi connectivity index (χ1n) is 5.66. The average Bonchev–Trinajstić information content (AvgIpc) is 2.86. The lowest BCUT2D eigenvalue weighted by atomic mass is 10.1. The van der Waals surface area contributed by atoms with Crippen LogP contribution in [-0.4, -0.2) is 30.0 Å². The fraction of sp³-hybridized carbons (Fsp3) is 0.333. The molecule has 2 aliphatic rings. The van der Waals surface area contributed by atoms with Crippen molar-refractivity contribution in [1.29, 1.82) is 0 Å². The lowest BCUT2D eigenvalue weighted by Crippen LogP contribution is -2.27. The van der Waals surface area contributed by atoms with Crippen LogP contribution in [0.25, 0.3) is 0 Å². The Morgan fingerprint density at radius 3 is 2.94 bits per heavy atom. The Labute approximate surface area is 109 Å². The molecule has 0 saturated carbocycles. The summed E-state index contributed by atoms with van der Waals surface area (Å²) in [5.74, 6) is 0.520. The lowest BCUT2D eigenvalue weighted by molar-refractivity contribution is -0.118. The predicted molar refractivity (Wildman–Crippen MR) is 64.6 cm³/mol. The molecular formula is C12H11ClN2O3. The number of carbonyl (C=O) groups is 2. The fourth-order valence-electron chi connectivity index (χ4n) is 2.28. The summed E-state index contributed by atoms with van der Waals surface area (Å²) < 4.78 is 5.56. The normalized spacial score (nSPS) is 17.7. The molecule has 94 valence electrons. The minimum Gasteiger partial charge on any atom is -0.493 e. The average molecular weight is 267 g/mol. The largest absolute Gasteiger partial charge is 0.493 e. The van der Waals surface area contributed by atoms with Gasteiger partial charge in [-0.2, -0.15) is 0 Å². The van der Waals surface area contributed by atoms with Crippen molar-refractivity contribution in [3.63, 3.8) is 0 Å². The molecule has 1 fully saturated rings. The van der Waals surface area contributed by atoms with E-state index >= 15 is 0 Å².